The monoisotopic (exact) mass is 308 g/mol. The molecule has 3 nitrogen and oxygen atoms in total. The Bertz CT molecular complexity index is 742. The van der Waals surface area contributed by atoms with Crippen molar-refractivity contribution >= 4 is 5.78 Å². The van der Waals surface area contributed by atoms with E-state index in [2.05, 4.69) is 0 Å². The number of allylic oxidation sites excluding steroid dienone is 1. The van der Waals surface area contributed by atoms with Gasteiger partial charge in [0.2, 0.25) is 0 Å². The molecular formula is C20H20O3. The lowest BCUT2D eigenvalue weighted by Crippen LogP contribution is -2.20. The molecule has 0 radical (unpaired) electrons. The summed E-state index contributed by atoms with van der Waals surface area (Å²) in [4.78, 5) is 12.4. The minimum Gasteiger partial charge on any atom is -0.489 e. The molecule has 0 aliphatic carbocycles. The van der Waals surface area contributed by atoms with Gasteiger partial charge in [0.15, 0.2) is 5.78 Å². The zero-order valence-corrected chi connectivity index (χ0v) is 13.4. The number of benzene rings is 2. The van der Waals surface area contributed by atoms with Crippen molar-refractivity contribution in [1.82, 2.24) is 0 Å². The molecule has 0 amide bonds. The van der Waals surface area contributed by atoms with E-state index in [1.165, 1.54) is 5.57 Å². The van der Waals surface area contributed by atoms with E-state index in [0.29, 0.717) is 24.3 Å². The van der Waals surface area contributed by atoms with Crippen LogP contribution < -0.4 is 9.47 Å². The topological polar surface area (TPSA) is 35.5 Å². The number of rotatable bonds is 4. The van der Waals surface area contributed by atoms with E-state index < -0.39 is 0 Å². The lowest BCUT2D eigenvalue weighted by atomic mass is 9.96. The van der Waals surface area contributed by atoms with Gasteiger partial charge in [0, 0.05) is 5.56 Å². The van der Waals surface area contributed by atoms with Crippen molar-refractivity contribution < 1.29 is 14.3 Å². The molecule has 0 aromatic heterocycles. The number of para-hydroxylation sites is 2. The molecule has 2 aromatic rings. The van der Waals surface area contributed by atoms with E-state index in [-0.39, 0.29) is 11.9 Å². The summed E-state index contributed by atoms with van der Waals surface area (Å²) in [5, 5.41) is 0. The Balaban J connectivity index is 1.85. The second-order valence-electron chi connectivity index (χ2n) is 5.86. The number of carbonyl (C=O) groups excluding carboxylic acids is 1. The first-order chi connectivity index (χ1) is 11.1. The van der Waals surface area contributed by atoms with Crippen LogP contribution in [0.4, 0.5) is 0 Å². The minimum atomic E-state index is -0.305. The number of Topliss-reactive ketones (excluding diaryl/α,β-unsaturated/α-hetero) is 1. The SMILES string of the molecule is CC(C)=CCOc1ccccc1C1CC(=O)c2ccccc2O1. The van der Waals surface area contributed by atoms with Crippen LogP contribution in [-0.2, 0) is 0 Å². The first kappa shape index (κ1) is 15.3. The van der Waals surface area contributed by atoms with Crippen molar-refractivity contribution in [2.75, 3.05) is 6.61 Å². The fourth-order valence-electron chi connectivity index (χ4n) is 2.62. The fourth-order valence-corrected chi connectivity index (χ4v) is 2.62. The maximum atomic E-state index is 12.4. The van der Waals surface area contributed by atoms with Crippen LogP contribution in [0.1, 0.15) is 42.3 Å². The number of ether oxygens (including phenoxy) is 2. The Labute approximate surface area is 136 Å². The van der Waals surface area contributed by atoms with E-state index in [1.807, 2.05) is 68.5 Å². The number of ketones is 1. The molecule has 1 aliphatic heterocycles. The van der Waals surface area contributed by atoms with Crippen LogP contribution in [0, 0.1) is 0 Å². The molecule has 23 heavy (non-hydrogen) atoms. The van der Waals surface area contributed by atoms with Gasteiger partial charge in [0.05, 0.1) is 12.0 Å². The van der Waals surface area contributed by atoms with Gasteiger partial charge >= 0.3 is 0 Å². The summed E-state index contributed by atoms with van der Waals surface area (Å²) >= 11 is 0. The van der Waals surface area contributed by atoms with Gasteiger partial charge in [-0.3, -0.25) is 4.79 Å². The molecule has 0 fully saturated rings. The normalized spacial score (nSPS) is 16.3. The van der Waals surface area contributed by atoms with Crippen molar-refractivity contribution in [3.05, 3.63) is 71.3 Å². The molecule has 1 heterocycles. The van der Waals surface area contributed by atoms with Crippen molar-refractivity contribution in [3.63, 3.8) is 0 Å². The fraction of sp³-hybridized carbons (Fsp3) is 0.250. The van der Waals surface area contributed by atoms with E-state index in [0.717, 1.165) is 11.3 Å². The maximum absolute atomic E-state index is 12.4. The van der Waals surface area contributed by atoms with Crippen LogP contribution in [-0.4, -0.2) is 12.4 Å². The van der Waals surface area contributed by atoms with E-state index in [1.54, 1.807) is 0 Å². The number of hydrogen-bond donors (Lipinski definition) is 0. The summed E-state index contributed by atoms with van der Waals surface area (Å²) < 4.78 is 11.9. The zero-order valence-electron chi connectivity index (χ0n) is 13.4. The third-order valence-electron chi connectivity index (χ3n) is 3.82. The third-order valence-corrected chi connectivity index (χ3v) is 3.82. The third kappa shape index (κ3) is 3.45. The minimum absolute atomic E-state index is 0.107. The first-order valence-electron chi connectivity index (χ1n) is 7.79. The molecule has 1 unspecified atom stereocenters. The molecule has 3 rings (SSSR count). The Morgan fingerprint density at radius 2 is 1.91 bits per heavy atom. The largest absolute Gasteiger partial charge is 0.489 e. The Morgan fingerprint density at radius 1 is 1.17 bits per heavy atom. The highest BCUT2D eigenvalue weighted by atomic mass is 16.5. The summed E-state index contributed by atoms with van der Waals surface area (Å²) in [6.45, 7) is 4.58. The maximum Gasteiger partial charge on any atom is 0.170 e. The Morgan fingerprint density at radius 3 is 2.74 bits per heavy atom. The highest BCUT2D eigenvalue weighted by Crippen LogP contribution is 2.37. The van der Waals surface area contributed by atoms with Crippen molar-refractivity contribution in [2.45, 2.75) is 26.4 Å². The molecule has 0 saturated carbocycles. The summed E-state index contributed by atoms with van der Waals surface area (Å²) in [5.41, 5.74) is 2.78. The zero-order chi connectivity index (χ0) is 16.2. The van der Waals surface area contributed by atoms with Gasteiger partial charge in [-0.1, -0.05) is 35.9 Å². The average Bonchev–Trinajstić information content (AvgIpc) is 2.55. The van der Waals surface area contributed by atoms with Crippen molar-refractivity contribution in [3.8, 4) is 11.5 Å². The van der Waals surface area contributed by atoms with Crippen LogP contribution in [0.15, 0.2) is 60.2 Å². The highest BCUT2D eigenvalue weighted by Gasteiger charge is 2.29. The van der Waals surface area contributed by atoms with Crippen LogP contribution in [0.3, 0.4) is 0 Å². The van der Waals surface area contributed by atoms with Gasteiger partial charge in [-0.25, -0.2) is 0 Å². The van der Waals surface area contributed by atoms with Crippen molar-refractivity contribution in [1.29, 1.82) is 0 Å². The lowest BCUT2D eigenvalue weighted by Gasteiger charge is -2.26. The average molecular weight is 308 g/mol. The predicted octanol–water partition coefficient (Wildman–Crippen LogP) is 4.74. The number of carbonyl (C=O) groups is 1. The van der Waals surface area contributed by atoms with Gasteiger partial charge in [-0.15, -0.1) is 0 Å². The Kier molecular flexibility index (Phi) is 4.47. The van der Waals surface area contributed by atoms with E-state index in [9.17, 15) is 4.79 Å². The van der Waals surface area contributed by atoms with Crippen LogP contribution in [0.5, 0.6) is 11.5 Å². The van der Waals surface area contributed by atoms with Gasteiger partial charge < -0.3 is 9.47 Å². The molecule has 118 valence electrons. The van der Waals surface area contributed by atoms with Gasteiger partial charge in [-0.05, 0) is 38.1 Å². The summed E-state index contributed by atoms with van der Waals surface area (Å²) in [6, 6.07) is 15.1. The first-order valence-corrected chi connectivity index (χ1v) is 7.79. The summed E-state index contributed by atoms with van der Waals surface area (Å²) in [5.74, 6) is 1.52. The second kappa shape index (κ2) is 6.69. The van der Waals surface area contributed by atoms with Crippen LogP contribution in [0.2, 0.25) is 0 Å². The van der Waals surface area contributed by atoms with Gasteiger partial charge in [0.1, 0.15) is 24.2 Å². The molecule has 2 aromatic carbocycles. The lowest BCUT2D eigenvalue weighted by molar-refractivity contribution is 0.0846. The molecule has 0 saturated heterocycles. The molecule has 1 aliphatic rings. The number of fused-ring (bicyclic) bond motifs is 1. The molecule has 0 bridgehead atoms. The smallest absolute Gasteiger partial charge is 0.170 e. The molecule has 0 spiro atoms. The second-order valence-corrected chi connectivity index (χ2v) is 5.86. The summed E-state index contributed by atoms with van der Waals surface area (Å²) in [6.07, 6.45) is 2.05. The molecule has 1 atom stereocenters. The van der Waals surface area contributed by atoms with Crippen LogP contribution >= 0.6 is 0 Å². The Hall–Kier alpha value is -2.55. The highest BCUT2D eigenvalue weighted by molar-refractivity contribution is 6.00. The quantitative estimate of drug-likeness (QED) is 0.765. The van der Waals surface area contributed by atoms with Gasteiger partial charge in [0.25, 0.3) is 0 Å². The molecule has 0 N–H and O–H groups in total. The van der Waals surface area contributed by atoms with Gasteiger partial charge in [-0.2, -0.15) is 0 Å². The molecule has 3 heteroatoms. The van der Waals surface area contributed by atoms with E-state index >= 15 is 0 Å². The summed E-state index contributed by atoms with van der Waals surface area (Å²) in [7, 11) is 0. The van der Waals surface area contributed by atoms with E-state index in [4.69, 9.17) is 9.47 Å². The standard InChI is InChI=1S/C20H20O3/c1-14(2)11-12-22-18-9-5-4-8-16(18)20-13-17(21)15-7-3-6-10-19(15)23-20/h3-11,20H,12-13H2,1-2H3. The number of hydrogen-bond acceptors (Lipinski definition) is 3. The van der Waals surface area contributed by atoms with Crippen LogP contribution in [0.25, 0.3) is 0 Å². The predicted molar refractivity (Wildman–Crippen MR) is 90.1 cm³/mol. The van der Waals surface area contributed by atoms with Crippen molar-refractivity contribution in [2.24, 2.45) is 0 Å². The molecular weight excluding hydrogens is 288 g/mol.